The third-order valence-electron chi connectivity index (χ3n) is 4.21. The molecule has 2 nitrogen and oxygen atoms in total. The molecule has 1 aromatic rings. The Balaban J connectivity index is 2.37. The Morgan fingerprint density at radius 1 is 0.958 bits per heavy atom. The summed E-state index contributed by atoms with van der Waals surface area (Å²) in [6.07, 6.45) is 16.1. The van der Waals surface area contributed by atoms with Crippen molar-refractivity contribution in [1.82, 2.24) is 0 Å². The first kappa shape index (κ1) is 20.5. The summed E-state index contributed by atoms with van der Waals surface area (Å²) in [7, 11) is 0. The van der Waals surface area contributed by atoms with Crippen molar-refractivity contribution in [3.8, 4) is 0 Å². The fourth-order valence-corrected chi connectivity index (χ4v) is 2.76. The largest absolute Gasteiger partial charge is 0.458 e. The van der Waals surface area contributed by atoms with Gasteiger partial charge in [-0.1, -0.05) is 82.7 Å². The maximum absolute atomic E-state index is 12.2. The van der Waals surface area contributed by atoms with Crippen molar-refractivity contribution in [2.45, 2.75) is 84.2 Å². The lowest BCUT2D eigenvalue weighted by molar-refractivity contribution is 0.0283. The summed E-state index contributed by atoms with van der Waals surface area (Å²) in [5.41, 5.74) is 0.640. The minimum Gasteiger partial charge on any atom is -0.458 e. The highest BCUT2D eigenvalue weighted by atomic mass is 16.5. The van der Waals surface area contributed by atoms with Gasteiger partial charge in [-0.25, -0.2) is 4.79 Å². The molecule has 24 heavy (non-hydrogen) atoms. The van der Waals surface area contributed by atoms with E-state index in [4.69, 9.17) is 4.74 Å². The van der Waals surface area contributed by atoms with Gasteiger partial charge in [-0.15, -0.1) is 0 Å². The minimum atomic E-state index is -0.201. The number of ether oxygens (including phenoxy) is 1. The highest BCUT2D eigenvalue weighted by molar-refractivity contribution is 5.89. The third kappa shape index (κ3) is 9.54. The van der Waals surface area contributed by atoms with Crippen LogP contribution in [0.25, 0.3) is 0 Å². The van der Waals surface area contributed by atoms with Crippen LogP contribution in [0.15, 0.2) is 42.5 Å². The Hall–Kier alpha value is -1.57. The van der Waals surface area contributed by atoms with Gasteiger partial charge < -0.3 is 4.74 Å². The van der Waals surface area contributed by atoms with Crippen molar-refractivity contribution in [3.05, 3.63) is 48.0 Å². The number of carbonyl (C=O) groups excluding carboxylic acids is 1. The lowest BCUT2D eigenvalue weighted by Gasteiger charge is -2.16. The van der Waals surface area contributed by atoms with E-state index in [9.17, 15) is 4.79 Å². The predicted molar refractivity (Wildman–Crippen MR) is 102 cm³/mol. The molecule has 1 aromatic carbocycles. The maximum atomic E-state index is 12.2. The normalized spacial score (nSPS) is 12.4. The lowest BCUT2D eigenvalue weighted by Crippen LogP contribution is -2.18. The van der Waals surface area contributed by atoms with E-state index in [1.165, 1.54) is 38.5 Å². The highest BCUT2D eigenvalue weighted by Crippen LogP contribution is 2.15. The van der Waals surface area contributed by atoms with E-state index in [1.807, 2.05) is 30.3 Å². The molecular weight excluding hydrogens is 296 g/mol. The minimum absolute atomic E-state index is 0.00357. The quantitative estimate of drug-likeness (QED) is 0.228. The number of carbonyl (C=O) groups is 1. The van der Waals surface area contributed by atoms with Crippen molar-refractivity contribution in [1.29, 1.82) is 0 Å². The second-order valence-corrected chi connectivity index (χ2v) is 6.42. The van der Waals surface area contributed by atoms with Gasteiger partial charge in [0.25, 0.3) is 0 Å². The van der Waals surface area contributed by atoms with Gasteiger partial charge in [0, 0.05) is 6.42 Å². The molecule has 0 saturated carbocycles. The summed E-state index contributed by atoms with van der Waals surface area (Å²) in [4.78, 5) is 12.2. The van der Waals surface area contributed by atoms with Gasteiger partial charge in [0.1, 0.15) is 6.10 Å². The van der Waals surface area contributed by atoms with Crippen molar-refractivity contribution >= 4 is 5.97 Å². The van der Waals surface area contributed by atoms with E-state index in [1.54, 1.807) is 0 Å². The molecule has 0 aromatic heterocycles. The first-order valence-corrected chi connectivity index (χ1v) is 9.69. The fourth-order valence-electron chi connectivity index (χ4n) is 2.76. The first-order chi connectivity index (χ1) is 11.8. The molecule has 134 valence electrons. The molecule has 0 amide bonds. The first-order valence-electron chi connectivity index (χ1n) is 9.69. The highest BCUT2D eigenvalue weighted by Gasteiger charge is 2.14. The molecule has 1 rings (SSSR count). The van der Waals surface area contributed by atoms with Crippen LogP contribution in [0.3, 0.4) is 0 Å². The second kappa shape index (κ2) is 13.8. The SMILES string of the molecule is CC/C=C\CC(CCCCCCCCC)OC(=O)c1ccccc1. The zero-order valence-corrected chi connectivity index (χ0v) is 15.5. The standard InChI is InChI=1S/C22H34O2/c1-3-5-7-8-9-10-15-19-21(18-12-6-4-2)24-22(23)20-16-13-11-14-17-20/h6,11-14,16-17,21H,3-5,7-10,15,18-19H2,1-2H3/b12-6-. The molecule has 0 radical (unpaired) electrons. The van der Waals surface area contributed by atoms with Crippen molar-refractivity contribution in [2.75, 3.05) is 0 Å². The van der Waals surface area contributed by atoms with Crippen LogP contribution in [0, 0.1) is 0 Å². The molecule has 2 heteroatoms. The van der Waals surface area contributed by atoms with Gasteiger partial charge in [0.15, 0.2) is 0 Å². The topological polar surface area (TPSA) is 26.3 Å². The zero-order chi connectivity index (χ0) is 17.5. The number of unbranched alkanes of at least 4 members (excludes halogenated alkanes) is 6. The van der Waals surface area contributed by atoms with E-state index in [0.717, 1.165) is 25.7 Å². The molecule has 0 aliphatic carbocycles. The van der Waals surface area contributed by atoms with Gasteiger partial charge in [0.2, 0.25) is 0 Å². The molecule has 1 unspecified atom stereocenters. The monoisotopic (exact) mass is 330 g/mol. The van der Waals surface area contributed by atoms with Crippen LogP contribution in [0.2, 0.25) is 0 Å². The summed E-state index contributed by atoms with van der Waals surface area (Å²) >= 11 is 0. The number of esters is 1. The predicted octanol–water partition coefficient (Wildman–Crippen LogP) is 6.71. The van der Waals surface area contributed by atoms with E-state index in [-0.39, 0.29) is 12.1 Å². The van der Waals surface area contributed by atoms with Crippen LogP contribution >= 0.6 is 0 Å². The van der Waals surface area contributed by atoms with E-state index >= 15 is 0 Å². The van der Waals surface area contributed by atoms with E-state index < -0.39 is 0 Å². The van der Waals surface area contributed by atoms with Gasteiger partial charge in [-0.2, -0.15) is 0 Å². The van der Waals surface area contributed by atoms with Crippen LogP contribution in [0.5, 0.6) is 0 Å². The Morgan fingerprint density at radius 2 is 1.62 bits per heavy atom. The van der Waals surface area contributed by atoms with Gasteiger partial charge in [-0.05, 0) is 31.4 Å². The number of allylic oxidation sites excluding steroid dienone is 1. The third-order valence-corrected chi connectivity index (χ3v) is 4.21. The van der Waals surface area contributed by atoms with Crippen molar-refractivity contribution in [3.63, 3.8) is 0 Å². The molecule has 0 aliphatic rings. The molecule has 0 fully saturated rings. The number of benzene rings is 1. The molecule has 0 aliphatic heterocycles. The molecule has 1 atom stereocenters. The average molecular weight is 331 g/mol. The molecular formula is C22H34O2. The van der Waals surface area contributed by atoms with Crippen LogP contribution < -0.4 is 0 Å². The maximum Gasteiger partial charge on any atom is 0.338 e. The van der Waals surface area contributed by atoms with Gasteiger partial charge in [-0.3, -0.25) is 0 Å². The summed E-state index contributed by atoms with van der Waals surface area (Å²) in [6, 6.07) is 9.29. The van der Waals surface area contributed by atoms with Crippen LogP contribution in [-0.2, 0) is 4.74 Å². The molecule has 0 heterocycles. The Kier molecular flexibility index (Phi) is 11.8. The van der Waals surface area contributed by atoms with Gasteiger partial charge in [0.05, 0.1) is 5.56 Å². The Labute approximate surface area is 148 Å². The lowest BCUT2D eigenvalue weighted by atomic mass is 10.0. The molecule has 0 spiro atoms. The Morgan fingerprint density at radius 3 is 2.29 bits per heavy atom. The molecule has 0 saturated heterocycles. The Bertz CT molecular complexity index is 450. The van der Waals surface area contributed by atoms with Gasteiger partial charge >= 0.3 is 5.97 Å². The van der Waals surface area contributed by atoms with Crippen molar-refractivity contribution < 1.29 is 9.53 Å². The summed E-state index contributed by atoms with van der Waals surface area (Å²) in [5, 5.41) is 0. The van der Waals surface area contributed by atoms with E-state index in [2.05, 4.69) is 26.0 Å². The molecule has 0 N–H and O–H groups in total. The van der Waals surface area contributed by atoms with Crippen molar-refractivity contribution in [2.24, 2.45) is 0 Å². The van der Waals surface area contributed by atoms with E-state index in [0.29, 0.717) is 5.56 Å². The smallest absolute Gasteiger partial charge is 0.338 e. The van der Waals surface area contributed by atoms with Crippen LogP contribution in [0.1, 0.15) is 88.4 Å². The number of hydrogen-bond acceptors (Lipinski definition) is 2. The van der Waals surface area contributed by atoms with Crippen LogP contribution in [0.4, 0.5) is 0 Å². The zero-order valence-electron chi connectivity index (χ0n) is 15.5. The summed E-state index contributed by atoms with van der Waals surface area (Å²) in [5.74, 6) is -0.201. The average Bonchev–Trinajstić information content (AvgIpc) is 2.61. The summed E-state index contributed by atoms with van der Waals surface area (Å²) in [6.45, 7) is 4.37. The second-order valence-electron chi connectivity index (χ2n) is 6.42. The number of rotatable bonds is 13. The molecule has 0 bridgehead atoms. The fraction of sp³-hybridized carbons (Fsp3) is 0.591. The number of hydrogen-bond donors (Lipinski definition) is 0. The summed E-state index contributed by atoms with van der Waals surface area (Å²) < 4.78 is 5.74. The van der Waals surface area contributed by atoms with Crippen LogP contribution in [-0.4, -0.2) is 12.1 Å².